The molecule has 1 atom stereocenters. The van der Waals surface area contributed by atoms with Crippen LogP contribution < -0.4 is 11.2 Å². The van der Waals surface area contributed by atoms with E-state index in [2.05, 4.69) is 65.2 Å². The number of aryl methyl sites for hydroxylation is 1. The maximum absolute atomic E-state index is 13.6. The van der Waals surface area contributed by atoms with E-state index in [-0.39, 0.29) is 22.8 Å². The maximum Gasteiger partial charge on any atom is 0.220 e. The summed E-state index contributed by atoms with van der Waals surface area (Å²) >= 11 is 3.46. The average molecular weight is 480 g/mol. The van der Waals surface area contributed by atoms with E-state index in [4.69, 9.17) is 15.3 Å². The van der Waals surface area contributed by atoms with E-state index in [1.807, 2.05) is 6.92 Å². The number of hydrogen-bond donors (Lipinski definition) is 2. The molecule has 1 aromatic carbocycles. The predicted molar refractivity (Wildman–Crippen MR) is 120 cm³/mol. The first-order valence-corrected chi connectivity index (χ1v) is 13.2. The second-order valence-corrected chi connectivity index (χ2v) is 14.4. The van der Waals surface area contributed by atoms with Gasteiger partial charge in [-0.1, -0.05) is 42.8 Å². The molecule has 0 spiro atoms. The van der Waals surface area contributed by atoms with Crippen molar-refractivity contribution >= 4 is 36.0 Å². The van der Waals surface area contributed by atoms with Crippen LogP contribution in [0.25, 0.3) is 0 Å². The summed E-state index contributed by atoms with van der Waals surface area (Å²) < 4.78 is 20.4. The first-order valence-electron chi connectivity index (χ1n) is 9.49. The van der Waals surface area contributed by atoms with E-state index in [0.717, 1.165) is 22.5 Å². The highest BCUT2D eigenvalue weighted by Gasteiger charge is 2.30. The minimum absolute atomic E-state index is 0.0318. The molecule has 2 heterocycles. The van der Waals surface area contributed by atoms with E-state index in [1.54, 1.807) is 6.07 Å². The molecular weight excluding hydrogens is 453 g/mol. The highest BCUT2D eigenvalue weighted by atomic mass is 79.9. The van der Waals surface area contributed by atoms with Crippen LogP contribution in [0.2, 0.25) is 18.1 Å². The quantitative estimate of drug-likeness (QED) is 0.485. The van der Waals surface area contributed by atoms with Gasteiger partial charge in [0.25, 0.3) is 0 Å². The second-order valence-electron chi connectivity index (χ2n) is 8.82. The normalized spacial score (nSPS) is 17.0. The van der Waals surface area contributed by atoms with Gasteiger partial charge in [0.1, 0.15) is 5.82 Å². The Bertz CT molecular complexity index is 974. The summed E-state index contributed by atoms with van der Waals surface area (Å²) in [5, 5.41) is 0.0318. The zero-order valence-electron chi connectivity index (χ0n) is 17.6. The number of nitrogens with zero attached hydrogens (tertiary/aromatic N) is 3. The molecule has 0 fully saturated rings. The molecule has 1 aromatic heterocycles. The fraction of sp³-hybridized carbons (Fsp3) is 0.450. The van der Waals surface area contributed by atoms with Crippen LogP contribution in [0, 0.1) is 12.7 Å². The average Bonchev–Trinajstić information content (AvgIpc) is 2.57. The van der Waals surface area contributed by atoms with E-state index in [1.165, 1.54) is 12.1 Å². The number of fused-ring (bicyclic) bond motifs is 1. The number of aromatic nitrogens is 2. The van der Waals surface area contributed by atoms with Gasteiger partial charge in [0.05, 0.1) is 23.0 Å². The molecule has 1 aliphatic heterocycles. The smallest absolute Gasteiger partial charge is 0.220 e. The number of aliphatic imine (C=N–C) groups is 1. The predicted octanol–water partition coefficient (Wildman–Crippen LogP) is 4.84. The van der Waals surface area contributed by atoms with E-state index >= 15 is 0 Å². The second kappa shape index (κ2) is 7.77. The van der Waals surface area contributed by atoms with Crippen LogP contribution in [-0.2, 0) is 10.9 Å². The molecule has 2 aromatic rings. The van der Waals surface area contributed by atoms with Crippen molar-refractivity contribution in [2.45, 2.75) is 58.3 Å². The summed E-state index contributed by atoms with van der Waals surface area (Å²) in [5.41, 5.74) is 12.2. The molecule has 0 bridgehead atoms. The van der Waals surface area contributed by atoms with E-state index in [0.29, 0.717) is 16.7 Å². The van der Waals surface area contributed by atoms with Crippen molar-refractivity contribution in [3.8, 4) is 0 Å². The van der Waals surface area contributed by atoms with Crippen LogP contribution >= 0.6 is 15.9 Å². The Kier molecular flexibility index (Phi) is 5.86. The van der Waals surface area contributed by atoms with Gasteiger partial charge in [0, 0.05) is 19.2 Å². The number of nitrogen functional groups attached to an aromatic ring is 1. The van der Waals surface area contributed by atoms with Crippen molar-refractivity contribution in [1.29, 1.82) is 0 Å². The van der Waals surface area contributed by atoms with Crippen molar-refractivity contribution in [2.24, 2.45) is 4.99 Å². The Morgan fingerprint density at radius 3 is 2.59 bits per heavy atom. The molecule has 6 nitrogen and oxygen atoms in total. The van der Waals surface area contributed by atoms with Crippen molar-refractivity contribution in [3.63, 3.8) is 0 Å². The molecule has 0 aliphatic carbocycles. The molecule has 3 N–H and O–H groups in total. The summed E-state index contributed by atoms with van der Waals surface area (Å²) in [5.74, 6) is 0.502. The Balaban J connectivity index is 2.03. The minimum atomic E-state index is -2.07. The van der Waals surface area contributed by atoms with Gasteiger partial charge in [0.15, 0.2) is 5.84 Å². The molecule has 157 valence electrons. The van der Waals surface area contributed by atoms with Crippen molar-refractivity contribution < 1.29 is 8.92 Å². The Morgan fingerprint density at radius 2 is 1.97 bits per heavy atom. The number of amidine groups is 1. The summed E-state index contributed by atoms with van der Waals surface area (Å²) in [7, 11) is -2.07. The highest BCUT2D eigenvalue weighted by Crippen LogP contribution is 2.37. The van der Waals surface area contributed by atoms with Gasteiger partial charge in [-0.05, 0) is 24.6 Å². The van der Waals surface area contributed by atoms with Crippen LogP contribution in [0.5, 0.6) is 0 Å². The van der Waals surface area contributed by atoms with Gasteiger partial charge in [-0.2, -0.15) is 0 Å². The zero-order valence-corrected chi connectivity index (χ0v) is 20.2. The molecule has 0 radical (unpaired) electrons. The lowest BCUT2D eigenvalue weighted by molar-refractivity contribution is 0.234. The number of anilines is 1. The van der Waals surface area contributed by atoms with Crippen LogP contribution in [-0.4, -0.2) is 24.1 Å². The largest absolute Gasteiger partial charge is 0.462 e. The Labute approximate surface area is 180 Å². The summed E-state index contributed by atoms with van der Waals surface area (Å²) in [6.07, 6.45) is 0.540. The number of nitrogens with one attached hydrogen (secondary N) is 1. The number of rotatable bonds is 3. The van der Waals surface area contributed by atoms with Gasteiger partial charge in [-0.25, -0.2) is 14.4 Å². The molecule has 9 heteroatoms. The molecule has 0 saturated heterocycles. The minimum Gasteiger partial charge on any atom is -0.462 e. The van der Waals surface area contributed by atoms with Crippen LogP contribution in [0.3, 0.4) is 0 Å². The van der Waals surface area contributed by atoms with Crippen molar-refractivity contribution in [3.05, 3.63) is 51.0 Å². The molecule has 1 aliphatic rings. The van der Waals surface area contributed by atoms with Gasteiger partial charge in [-0.15, -0.1) is 18.1 Å². The SMILES string of the molecule is Cc1nc(N)nc2c1C(NO[Si-](C)(C)C(C)(C)C)=N[C@@H](c1ccc(F)cc1Br)C2. The number of halogens is 2. The van der Waals surface area contributed by atoms with E-state index in [9.17, 15) is 4.39 Å². The van der Waals surface area contributed by atoms with Gasteiger partial charge < -0.3 is 10.3 Å². The first-order chi connectivity index (χ1) is 13.4. The fourth-order valence-electron chi connectivity index (χ4n) is 2.92. The number of hydroxylamine groups is 1. The summed E-state index contributed by atoms with van der Waals surface area (Å²) in [6.45, 7) is 12.7. The maximum atomic E-state index is 13.6. The first kappa shape index (κ1) is 21.9. The molecule has 0 amide bonds. The number of hydrogen-bond acceptors (Lipinski definition) is 6. The third kappa shape index (κ3) is 4.51. The standard InChI is InChI=1S/C20H27BrFN5OSi/c1-11-17-16(26-19(23)24-11)10-15(13-8-7-12(22)9-14(13)21)25-18(17)27-28-29(5,6)20(2,3)4/h7-9,15H,10H2,1-6H3,(H,25,27)(H2,23,24,26)/q-1/t15-/m1/s1. The fourth-order valence-corrected chi connectivity index (χ4v) is 4.19. The van der Waals surface area contributed by atoms with Gasteiger partial charge >= 0.3 is 0 Å². The number of nitrogens with two attached hydrogens (primary N) is 1. The monoisotopic (exact) mass is 479 g/mol. The number of benzene rings is 1. The Morgan fingerprint density at radius 1 is 1.28 bits per heavy atom. The lowest BCUT2D eigenvalue weighted by atomic mass is 9.95. The van der Waals surface area contributed by atoms with Crippen LogP contribution in [0.15, 0.2) is 27.7 Å². The molecule has 0 unspecified atom stereocenters. The zero-order chi connectivity index (χ0) is 21.6. The third-order valence-corrected chi connectivity index (χ3v) is 10.5. The molecular formula is C20H27BrFN5OSi-. The topological polar surface area (TPSA) is 85.4 Å². The molecule has 3 rings (SSSR count). The van der Waals surface area contributed by atoms with Crippen LogP contribution in [0.4, 0.5) is 10.3 Å². The highest BCUT2D eigenvalue weighted by molar-refractivity contribution is 9.10. The van der Waals surface area contributed by atoms with Crippen molar-refractivity contribution in [1.82, 2.24) is 15.4 Å². The van der Waals surface area contributed by atoms with Crippen molar-refractivity contribution in [2.75, 3.05) is 5.73 Å². The Hall–Kier alpha value is -1.84. The summed E-state index contributed by atoms with van der Waals surface area (Å²) in [6, 6.07) is 4.36. The lowest BCUT2D eigenvalue weighted by Crippen LogP contribution is -2.47. The third-order valence-electron chi connectivity index (χ3n) is 5.62. The lowest BCUT2D eigenvalue weighted by Gasteiger charge is -2.47. The van der Waals surface area contributed by atoms with Crippen LogP contribution in [0.1, 0.15) is 49.3 Å². The van der Waals surface area contributed by atoms with Gasteiger partial charge in [-0.3, -0.25) is 10.5 Å². The van der Waals surface area contributed by atoms with E-state index < -0.39 is 8.32 Å². The molecule has 0 saturated carbocycles. The summed E-state index contributed by atoms with van der Waals surface area (Å²) in [4.78, 5) is 13.6. The van der Waals surface area contributed by atoms with Gasteiger partial charge in [0.2, 0.25) is 5.95 Å². The molecule has 29 heavy (non-hydrogen) atoms.